The quantitative estimate of drug-likeness (QED) is 0.926. The molecule has 1 fully saturated rings. The van der Waals surface area contributed by atoms with E-state index < -0.39 is 0 Å². The summed E-state index contributed by atoms with van der Waals surface area (Å²) in [6.07, 6.45) is 3.86. The topological polar surface area (TPSA) is 44.5 Å². The Morgan fingerprint density at radius 3 is 2.53 bits per heavy atom. The smallest absolute Gasteiger partial charge is 0.161 e. The molecule has 4 heteroatoms. The van der Waals surface area contributed by atoms with E-state index in [1.807, 2.05) is 19.1 Å². The average molecular weight is 300 g/mol. The zero-order valence-electron chi connectivity index (χ0n) is 10.2. The maximum Gasteiger partial charge on any atom is 0.161 e. The molecule has 0 bridgehead atoms. The molecule has 2 N–H and O–H groups in total. The number of hydrogen-bond donors (Lipinski definition) is 1. The Kier molecular flexibility index (Phi) is 3.94. The van der Waals surface area contributed by atoms with Gasteiger partial charge in [0.05, 0.1) is 13.2 Å². The van der Waals surface area contributed by atoms with Crippen LogP contribution in [-0.2, 0) is 0 Å². The highest BCUT2D eigenvalue weighted by Crippen LogP contribution is 2.38. The summed E-state index contributed by atoms with van der Waals surface area (Å²) in [7, 11) is 1.65. The SMILES string of the molecule is COc1cc(Br)c(C(C)N)cc1OC1CCC1. The molecule has 1 aromatic carbocycles. The number of nitrogens with two attached hydrogens (primary N) is 1. The van der Waals surface area contributed by atoms with E-state index in [9.17, 15) is 0 Å². The van der Waals surface area contributed by atoms with Gasteiger partial charge in [-0.3, -0.25) is 0 Å². The Labute approximate surface area is 110 Å². The highest BCUT2D eigenvalue weighted by molar-refractivity contribution is 9.10. The largest absolute Gasteiger partial charge is 0.493 e. The molecule has 0 saturated heterocycles. The highest BCUT2D eigenvalue weighted by atomic mass is 79.9. The minimum atomic E-state index is -0.0287. The van der Waals surface area contributed by atoms with Gasteiger partial charge in [0.25, 0.3) is 0 Å². The first-order valence-electron chi connectivity index (χ1n) is 5.91. The fraction of sp³-hybridized carbons (Fsp3) is 0.538. The van der Waals surface area contributed by atoms with Gasteiger partial charge in [0.15, 0.2) is 11.5 Å². The van der Waals surface area contributed by atoms with Gasteiger partial charge in [0.2, 0.25) is 0 Å². The number of hydrogen-bond acceptors (Lipinski definition) is 3. The second kappa shape index (κ2) is 5.27. The Morgan fingerprint density at radius 2 is 2.06 bits per heavy atom. The first-order chi connectivity index (χ1) is 8.11. The van der Waals surface area contributed by atoms with Crippen molar-refractivity contribution in [2.45, 2.75) is 38.3 Å². The van der Waals surface area contributed by atoms with Crippen LogP contribution in [0.1, 0.15) is 37.8 Å². The summed E-state index contributed by atoms with van der Waals surface area (Å²) in [6, 6.07) is 3.87. The molecule has 94 valence electrons. The molecule has 0 radical (unpaired) electrons. The molecule has 0 aliphatic heterocycles. The van der Waals surface area contributed by atoms with Crippen molar-refractivity contribution in [2.24, 2.45) is 5.73 Å². The lowest BCUT2D eigenvalue weighted by molar-refractivity contribution is 0.116. The van der Waals surface area contributed by atoms with Crippen LogP contribution in [0.5, 0.6) is 11.5 Å². The Balaban J connectivity index is 2.29. The highest BCUT2D eigenvalue weighted by Gasteiger charge is 2.22. The fourth-order valence-electron chi connectivity index (χ4n) is 1.82. The Hall–Kier alpha value is -0.740. The van der Waals surface area contributed by atoms with Gasteiger partial charge in [0, 0.05) is 10.5 Å². The van der Waals surface area contributed by atoms with Gasteiger partial charge < -0.3 is 15.2 Å². The van der Waals surface area contributed by atoms with Crippen LogP contribution in [0.25, 0.3) is 0 Å². The summed E-state index contributed by atoms with van der Waals surface area (Å²) < 4.78 is 12.2. The average Bonchev–Trinajstić information content (AvgIpc) is 2.23. The van der Waals surface area contributed by atoms with Crippen LogP contribution in [0.3, 0.4) is 0 Å². The van der Waals surface area contributed by atoms with Gasteiger partial charge in [-0.2, -0.15) is 0 Å². The number of rotatable bonds is 4. The summed E-state index contributed by atoms with van der Waals surface area (Å²) >= 11 is 3.50. The molecule has 0 spiro atoms. The van der Waals surface area contributed by atoms with Crippen molar-refractivity contribution >= 4 is 15.9 Å². The van der Waals surface area contributed by atoms with Crippen molar-refractivity contribution in [2.75, 3.05) is 7.11 Å². The predicted molar refractivity (Wildman–Crippen MR) is 71.6 cm³/mol. The van der Waals surface area contributed by atoms with Crippen LogP contribution >= 0.6 is 15.9 Å². The van der Waals surface area contributed by atoms with Gasteiger partial charge in [-0.05, 0) is 43.9 Å². The first-order valence-corrected chi connectivity index (χ1v) is 6.70. The molecule has 1 aliphatic rings. The second-order valence-corrected chi connectivity index (χ2v) is 5.34. The van der Waals surface area contributed by atoms with Gasteiger partial charge in [0.1, 0.15) is 0 Å². The van der Waals surface area contributed by atoms with Crippen LogP contribution in [-0.4, -0.2) is 13.2 Å². The molecule has 1 aromatic rings. The molecule has 17 heavy (non-hydrogen) atoms. The van der Waals surface area contributed by atoms with Crippen molar-refractivity contribution in [3.8, 4) is 11.5 Å². The molecule has 0 heterocycles. The van der Waals surface area contributed by atoms with Crippen LogP contribution in [0.2, 0.25) is 0 Å². The summed E-state index contributed by atoms with van der Waals surface area (Å²) in [5.41, 5.74) is 6.97. The monoisotopic (exact) mass is 299 g/mol. The van der Waals surface area contributed by atoms with E-state index in [0.717, 1.165) is 34.4 Å². The minimum absolute atomic E-state index is 0.0287. The van der Waals surface area contributed by atoms with Crippen LogP contribution < -0.4 is 15.2 Å². The second-order valence-electron chi connectivity index (χ2n) is 4.48. The third-order valence-corrected chi connectivity index (χ3v) is 3.81. The van der Waals surface area contributed by atoms with E-state index in [1.54, 1.807) is 7.11 Å². The molecular weight excluding hydrogens is 282 g/mol. The fourth-order valence-corrected chi connectivity index (χ4v) is 2.50. The van der Waals surface area contributed by atoms with E-state index in [-0.39, 0.29) is 6.04 Å². The van der Waals surface area contributed by atoms with Crippen LogP contribution in [0, 0.1) is 0 Å². The third-order valence-electron chi connectivity index (χ3n) is 3.12. The standard InChI is InChI=1S/C13H18BrNO2/c1-8(15)10-6-13(17-9-4-3-5-9)12(16-2)7-11(10)14/h6-9H,3-5,15H2,1-2H3. The van der Waals surface area contributed by atoms with Crippen LogP contribution in [0.4, 0.5) is 0 Å². The first kappa shape index (κ1) is 12.7. The van der Waals surface area contributed by atoms with Crippen molar-refractivity contribution < 1.29 is 9.47 Å². The lowest BCUT2D eigenvalue weighted by Crippen LogP contribution is -2.25. The van der Waals surface area contributed by atoms with Crippen molar-refractivity contribution in [3.63, 3.8) is 0 Å². The molecule has 0 amide bonds. The van der Waals surface area contributed by atoms with Crippen molar-refractivity contribution in [3.05, 3.63) is 22.2 Å². The molecule has 0 aromatic heterocycles. The third kappa shape index (κ3) is 2.75. The van der Waals surface area contributed by atoms with Gasteiger partial charge in [-0.25, -0.2) is 0 Å². The summed E-state index contributed by atoms with van der Waals surface area (Å²) in [5, 5.41) is 0. The summed E-state index contributed by atoms with van der Waals surface area (Å²) in [6.45, 7) is 1.96. The van der Waals surface area contributed by atoms with E-state index in [4.69, 9.17) is 15.2 Å². The lowest BCUT2D eigenvalue weighted by Gasteiger charge is -2.27. The van der Waals surface area contributed by atoms with E-state index >= 15 is 0 Å². The van der Waals surface area contributed by atoms with E-state index in [2.05, 4.69) is 15.9 Å². The summed E-state index contributed by atoms with van der Waals surface area (Å²) in [4.78, 5) is 0. The van der Waals surface area contributed by atoms with Gasteiger partial charge in [-0.15, -0.1) is 0 Å². The van der Waals surface area contributed by atoms with Gasteiger partial charge >= 0.3 is 0 Å². The maximum absolute atomic E-state index is 5.93. The molecule has 1 atom stereocenters. The number of ether oxygens (including phenoxy) is 2. The zero-order chi connectivity index (χ0) is 12.4. The molecule has 3 nitrogen and oxygen atoms in total. The van der Waals surface area contributed by atoms with Crippen molar-refractivity contribution in [1.82, 2.24) is 0 Å². The van der Waals surface area contributed by atoms with Crippen LogP contribution in [0.15, 0.2) is 16.6 Å². The zero-order valence-corrected chi connectivity index (χ0v) is 11.8. The number of benzene rings is 1. The normalized spacial score (nSPS) is 17.4. The predicted octanol–water partition coefficient (Wildman–Crippen LogP) is 3.41. The Bertz CT molecular complexity index is 403. The molecule has 2 rings (SSSR count). The maximum atomic E-state index is 5.93. The Morgan fingerprint density at radius 1 is 1.35 bits per heavy atom. The number of halogens is 1. The van der Waals surface area contributed by atoms with Gasteiger partial charge in [-0.1, -0.05) is 15.9 Å². The van der Waals surface area contributed by atoms with Crippen molar-refractivity contribution in [1.29, 1.82) is 0 Å². The molecule has 1 unspecified atom stereocenters. The summed E-state index contributed by atoms with van der Waals surface area (Å²) in [5.74, 6) is 1.56. The van der Waals surface area contributed by atoms with E-state index in [0.29, 0.717) is 6.10 Å². The number of methoxy groups -OCH3 is 1. The minimum Gasteiger partial charge on any atom is -0.493 e. The van der Waals surface area contributed by atoms with E-state index in [1.165, 1.54) is 6.42 Å². The molecular formula is C13H18BrNO2. The molecule has 1 aliphatic carbocycles. The molecule has 1 saturated carbocycles. The lowest BCUT2D eigenvalue weighted by atomic mass is 9.96.